The zero-order chi connectivity index (χ0) is 16.7. The molecule has 1 aromatic carbocycles. The quantitative estimate of drug-likeness (QED) is 0.492. The Kier molecular flexibility index (Phi) is 7.11. The standard InChI is InChI=1S/C21H28ClN/c1-4-5-6-7-10-18-11-8-9-16(2)21(23-15-18)20-13-12-19(22)14-17(20)3/h11-15H,4-10H2,1-3H3/b18-11?,21-16+,23-15?. The molecule has 0 bridgehead atoms. The fraction of sp³-hybridized carbons (Fsp3) is 0.476. The van der Waals surface area contributed by atoms with Gasteiger partial charge < -0.3 is 0 Å². The van der Waals surface area contributed by atoms with Gasteiger partial charge >= 0.3 is 0 Å². The second-order valence-corrected chi connectivity index (χ2v) is 6.91. The Morgan fingerprint density at radius 2 is 1.96 bits per heavy atom. The highest BCUT2D eigenvalue weighted by atomic mass is 35.5. The normalized spacial score (nSPS) is 18.5. The Hall–Kier alpha value is -1.34. The van der Waals surface area contributed by atoms with Crippen molar-refractivity contribution in [2.24, 2.45) is 4.99 Å². The van der Waals surface area contributed by atoms with Crippen LogP contribution < -0.4 is 0 Å². The molecule has 0 N–H and O–H groups in total. The highest BCUT2D eigenvalue weighted by Gasteiger charge is 2.10. The number of benzene rings is 1. The van der Waals surface area contributed by atoms with E-state index in [9.17, 15) is 0 Å². The summed E-state index contributed by atoms with van der Waals surface area (Å²) < 4.78 is 0. The van der Waals surface area contributed by atoms with Crippen LogP contribution in [0.15, 0.2) is 40.4 Å². The van der Waals surface area contributed by atoms with Crippen LogP contribution in [0.3, 0.4) is 0 Å². The molecule has 23 heavy (non-hydrogen) atoms. The van der Waals surface area contributed by atoms with Crippen molar-refractivity contribution in [3.8, 4) is 0 Å². The fourth-order valence-electron chi connectivity index (χ4n) is 3.02. The lowest BCUT2D eigenvalue weighted by molar-refractivity contribution is 0.669. The maximum Gasteiger partial charge on any atom is 0.0694 e. The lowest BCUT2D eigenvalue weighted by Gasteiger charge is -2.14. The van der Waals surface area contributed by atoms with Gasteiger partial charge in [-0.25, -0.2) is 0 Å². The van der Waals surface area contributed by atoms with E-state index in [1.807, 2.05) is 12.1 Å². The summed E-state index contributed by atoms with van der Waals surface area (Å²) in [5.41, 5.74) is 6.26. The molecule has 2 heteroatoms. The molecular formula is C21H28ClN. The maximum atomic E-state index is 6.09. The molecule has 1 aromatic rings. The molecule has 0 unspecified atom stereocenters. The number of unbranched alkanes of at least 4 members (excludes halogenated alkanes) is 3. The number of nitrogens with zero attached hydrogens (tertiary/aromatic N) is 1. The molecule has 124 valence electrons. The van der Waals surface area contributed by atoms with Gasteiger partial charge in [-0.2, -0.15) is 0 Å². The number of rotatable bonds is 6. The number of aliphatic imine (C=N–C) groups is 1. The molecular weight excluding hydrogens is 302 g/mol. The van der Waals surface area contributed by atoms with Gasteiger partial charge in [-0.15, -0.1) is 0 Å². The molecule has 1 aliphatic rings. The number of allylic oxidation sites excluding steroid dienone is 3. The minimum atomic E-state index is 0.788. The van der Waals surface area contributed by atoms with Gasteiger partial charge in [0.05, 0.1) is 5.70 Å². The smallest absolute Gasteiger partial charge is 0.0694 e. The van der Waals surface area contributed by atoms with E-state index in [2.05, 4.69) is 39.1 Å². The summed E-state index contributed by atoms with van der Waals surface area (Å²) in [6.45, 7) is 6.56. The Bertz CT molecular complexity index is 623. The summed E-state index contributed by atoms with van der Waals surface area (Å²) >= 11 is 6.09. The Morgan fingerprint density at radius 1 is 1.13 bits per heavy atom. The lowest BCUT2D eigenvalue weighted by Crippen LogP contribution is -1.96. The van der Waals surface area contributed by atoms with Crippen molar-refractivity contribution >= 4 is 23.5 Å². The first-order chi connectivity index (χ1) is 11.1. The largest absolute Gasteiger partial charge is 0.256 e. The maximum absolute atomic E-state index is 6.09. The predicted molar refractivity (Wildman–Crippen MR) is 103 cm³/mol. The van der Waals surface area contributed by atoms with Gasteiger partial charge in [-0.05, 0) is 68.4 Å². The van der Waals surface area contributed by atoms with Crippen molar-refractivity contribution in [3.63, 3.8) is 0 Å². The number of halogens is 1. The van der Waals surface area contributed by atoms with Crippen LogP contribution >= 0.6 is 11.6 Å². The third kappa shape index (κ3) is 5.35. The summed E-state index contributed by atoms with van der Waals surface area (Å²) in [5, 5.41) is 0.788. The van der Waals surface area contributed by atoms with Gasteiger partial charge in [0.25, 0.3) is 0 Å². The number of hydrogen-bond acceptors (Lipinski definition) is 1. The summed E-state index contributed by atoms with van der Waals surface area (Å²) in [4.78, 5) is 4.85. The molecule has 1 aliphatic heterocycles. The van der Waals surface area contributed by atoms with E-state index in [0.29, 0.717) is 0 Å². The molecule has 0 atom stereocenters. The first-order valence-electron chi connectivity index (χ1n) is 8.81. The summed E-state index contributed by atoms with van der Waals surface area (Å²) in [6, 6.07) is 6.08. The number of aryl methyl sites for hydroxylation is 1. The molecule has 0 aromatic heterocycles. The number of hydrogen-bond donors (Lipinski definition) is 0. The Morgan fingerprint density at radius 3 is 2.70 bits per heavy atom. The topological polar surface area (TPSA) is 12.4 Å². The van der Waals surface area contributed by atoms with Crippen molar-refractivity contribution < 1.29 is 0 Å². The van der Waals surface area contributed by atoms with E-state index in [-0.39, 0.29) is 0 Å². The average molecular weight is 330 g/mol. The van der Waals surface area contributed by atoms with Crippen LogP contribution in [0.5, 0.6) is 0 Å². The minimum Gasteiger partial charge on any atom is -0.256 e. The second kappa shape index (κ2) is 9.08. The van der Waals surface area contributed by atoms with Crippen molar-refractivity contribution in [2.45, 2.75) is 65.7 Å². The zero-order valence-electron chi connectivity index (χ0n) is 14.7. The van der Waals surface area contributed by atoms with E-state index in [4.69, 9.17) is 16.6 Å². The van der Waals surface area contributed by atoms with E-state index in [1.54, 1.807) is 0 Å². The lowest BCUT2D eigenvalue weighted by atomic mass is 9.97. The van der Waals surface area contributed by atoms with Crippen LogP contribution in [-0.4, -0.2) is 6.21 Å². The van der Waals surface area contributed by atoms with Crippen LogP contribution in [0.1, 0.15) is 69.9 Å². The molecule has 2 rings (SSSR count). The molecule has 1 heterocycles. The van der Waals surface area contributed by atoms with Crippen LogP contribution in [0.25, 0.3) is 5.70 Å². The van der Waals surface area contributed by atoms with Gasteiger partial charge in [0.1, 0.15) is 0 Å². The highest BCUT2D eigenvalue weighted by Crippen LogP contribution is 2.29. The fourth-order valence-corrected chi connectivity index (χ4v) is 3.24. The van der Waals surface area contributed by atoms with Gasteiger partial charge in [-0.1, -0.05) is 49.9 Å². The van der Waals surface area contributed by atoms with Crippen LogP contribution in [0.4, 0.5) is 0 Å². The van der Waals surface area contributed by atoms with Gasteiger partial charge in [-0.3, -0.25) is 4.99 Å². The molecule has 0 saturated carbocycles. The first-order valence-corrected chi connectivity index (χ1v) is 9.19. The first kappa shape index (κ1) is 18.0. The van der Waals surface area contributed by atoms with E-state index in [0.717, 1.165) is 30.0 Å². The van der Waals surface area contributed by atoms with E-state index >= 15 is 0 Å². The van der Waals surface area contributed by atoms with Crippen molar-refractivity contribution in [2.75, 3.05) is 0 Å². The Labute approximate surface area is 146 Å². The molecule has 0 amide bonds. The van der Waals surface area contributed by atoms with Crippen LogP contribution in [-0.2, 0) is 0 Å². The van der Waals surface area contributed by atoms with Crippen LogP contribution in [0, 0.1) is 6.92 Å². The third-order valence-corrected chi connectivity index (χ3v) is 4.69. The zero-order valence-corrected chi connectivity index (χ0v) is 15.4. The SMILES string of the molecule is CCCCCCC1=CCC/C(C)=C(\c2ccc(Cl)cc2C)N=C1. The average Bonchev–Trinajstić information content (AvgIpc) is 2.50. The minimum absolute atomic E-state index is 0.788. The van der Waals surface area contributed by atoms with Crippen molar-refractivity contribution in [1.29, 1.82) is 0 Å². The molecule has 0 saturated heterocycles. The summed E-state index contributed by atoms with van der Waals surface area (Å²) in [7, 11) is 0. The monoisotopic (exact) mass is 329 g/mol. The summed E-state index contributed by atoms with van der Waals surface area (Å²) in [6.07, 6.45) is 13.0. The third-order valence-electron chi connectivity index (χ3n) is 4.45. The van der Waals surface area contributed by atoms with Crippen molar-refractivity contribution in [3.05, 3.63) is 51.6 Å². The van der Waals surface area contributed by atoms with Crippen LogP contribution in [0.2, 0.25) is 5.02 Å². The molecule has 0 spiro atoms. The van der Waals surface area contributed by atoms with Crippen molar-refractivity contribution in [1.82, 2.24) is 0 Å². The molecule has 1 nitrogen and oxygen atoms in total. The molecule has 0 fully saturated rings. The van der Waals surface area contributed by atoms with Gasteiger partial charge in [0, 0.05) is 16.8 Å². The van der Waals surface area contributed by atoms with Gasteiger partial charge in [0.15, 0.2) is 0 Å². The van der Waals surface area contributed by atoms with E-state index in [1.165, 1.54) is 48.0 Å². The second-order valence-electron chi connectivity index (χ2n) is 6.47. The Balaban J connectivity index is 2.16. The highest BCUT2D eigenvalue weighted by molar-refractivity contribution is 6.30. The van der Waals surface area contributed by atoms with E-state index < -0.39 is 0 Å². The van der Waals surface area contributed by atoms with Gasteiger partial charge in [0.2, 0.25) is 0 Å². The molecule has 0 radical (unpaired) electrons. The predicted octanol–water partition coefficient (Wildman–Crippen LogP) is 7.14. The summed E-state index contributed by atoms with van der Waals surface area (Å²) in [5.74, 6) is 0. The molecule has 0 aliphatic carbocycles.